The van der Waals surface area contributed by atoms with Crippen LogP contribution in [0.5, 0.6) is 0 Å². The second kappa shape index (κ2) is 6.96. The van der Waals surface area contributed by atoms with Crippen LogP contribution in [0.4, 0.5) is 0 Å². The van der Waals surface area contributed by atoms with Crippen LogP contribution in [0.1, 0.15) is 70.5 Å². The van der Waals surface area contributed by atoms with Crippen molar-refractivity contribution in [1.29, 1.82) is 0 Å². The van der Waals surface area contributed by atoms with Gasteiger partial charge >= 0.3 is 0 Å². The van der Waals surface area contributed by atoms with Crippen molar-refractivity contribution in [3.8, 4) is 0 Å². The first-order chi connectivity index (χ1) is 9.95. The Bertz CT molecular complexity index is 435. The molecule has 1 aromatic carbocycles. The molecule has 1 saturated carbocycles. The molecule has 1 nitrogen and oxygen atoms in total. The number of hydrogen-bond acceptors (Lipinski definition) is 1. The average molecular weight is 287 g/mol. The normalized spacial score (nSPS) is 24.8. The Labute approximate surface area is 131 Å². The van der Waals surface area contributed by atoms with Crippen molar-refractivity contribution in [2.45, 2.75) is 65.8 Å². The molecule has 1 aromatic rings. The van der Waals surface area contributed by atoms with Crippen LogP contribution in [-0.2, 0) is 6.42 Å². The molecular formula is C20H33N. The van der Waals surface area contributed by atoms with Gasteiger partial charge in [-0.15, -0.1) is 0 Å². The van der Waals surface area contributed by atoms with Gasteiger partial charge in [0.05, 0.1) is 0 Å². The fourth-order valence-corrected chi connectivity index (χ4v) is 4.00. The van der Waals surface area contributed by atoms with Crippen LogP contribution in [0.15, 0.2) is 24.3 Å². The van der Waals surface area contributed by atoms with Gasteiger partial charge in [0.1, 0.15) is 0 Å². The standard InChI is InChI=1S/C20H33N/c1-6-15-8-7-9-17(14-15)19(21-5)16-10-12-18(13-11-16)20(2,3)4/h7-9,14,16,18-19,21H,6,10-13H2,1-5H3. The maximum Gasteiger partial charge on any atom is 0.0346 e. The third-order valence-corrected chi connectivity index (χ3v) is 5.50. The molecule has 0 bridgehead atoms. The zero-order valence-corrected chi connectivity index (χ0v) is 14.6. The van der Waals surface area contributed by atoms with Gasteiger partial charge in [0.15, 0.2) is 0 Å². The van der Waals surface area contributed by atoms with E-state index in [-0.39, 0.29) is 0 Å². The first-order valence-electron chi connectivity index (χ1n) is 8.71. The quantitative estimate of drug-likeness (QED) is 0.786. The Morgan fingerprint density at radius 2 is 1.81 bits per heavy atom. The molecule has 0 amide bonds. The Morgan fingerprint density at radius 1 is 1.14 bits per heavy atom. The highest BCUT2D eigenvalue weighted by molar-refractivity contribution is 5.26. The van der Waals surface area contributed by atoms with E-state index in [0.717, 1.165) is 18.3 Å². The minimum atomic E-state index is 0.474. The number of hydrogen-bond donors (Lipinski definition) is 1. The van der Waals surface area contributed by atoms with Gasteiger partial charge in [0, 0.05) is 6.04 Å². The predicted molar refractivity (Wildman–Crippen MR) is 92.5 cm³/mol. The Morgan fingerprint density at radius 3 is 2.33 bits per heavy atom. The van der Waals surface area contributed by atoms with Crippen molar-refractivity contribution in [2.75, 3.05) is 7.05 Å². The van der Waals surface area contributed by atoms with Gasteiger partial charge in [-0.05, 0) is 67.5 Å². The highest BCUT2D eigenvalue weighted by atomic mass is 14.9. The maximum atomic E-state index is 3.59. The van der Waals surface area contributed by atoms with E-state index in [2.05, 4.69) is 64.3 Å². The molecule has 1 atom stereocenters. The zero-order chi connectivity index (χ0) is 15.5. The van der Waals surface area contributed by atoms with E-state index < -0.39 is 0 Å². The summed E-state index contributed by atoms with van der Waals surface area (Å²) in [6.07, 6.45) is 6.63. The van der Waals surface area contributed by atoms with Gasteiger partial charge in [-0.2, -0.15) is 0 Å². The van der Waals surface area contributed by atoms with Gasteiger partial charge in [-0.25, -0.2) is 0 Å². The first-order valence-corrected chi connectivity index (χ1v) is 8.71. The largest absolute Gasteiger partial charge is 0.313 e. The summed E-state index contributed by atoms with van der Waals surface area (Å²) in [7, 11) is 2.12. The van der Waals surface area contributed by atoms with E-state index in [4.69, 9.17) is 0 Å². The molecular weight excluding hydrogens is 254 g/mol. The molecule has 0 radical (unpaired) electrons. The molecule has 2 rings (SSSR count). The summed E-state index contributed by atoms with van der Waals surface area (Å²) in [5.41, 5.74) is 3.41. The van der Waals surface area contributed by atoms with Gasteiger partial charge in [-0.1, -0.05) is 52.0 Å². The van der Waals surface area contributed by atoms with Crippen molar-refractivity contribution in [2.24, 2.45) is 17.3 Å². The lowest BCUT2D eigenvalue weighted by Crippen LogP contribution is -2.32. The molecule has 1 aliphatic rings. The number of rotatable bonds is 4. The second-order valence-corrected chi connectivity index (χ2v) is 7.84. The number of aryl methyl sites for hydroxylation is 1. The van der Waals surface area contributed by atoms with E-state index in [0.29, 0.717) is 11.5 Å². The molecule has 1 unspecified atom stereocenters. The van der Waals surface area contributed by atoms with Crippen molar-refractivity contribution < 1.29 is 0 Å². The lowest BCUT2D eigenvalue weighted by molar-refractivity contribution is 0.134. The fourth-order valence-electron chi connectivity index (χ4n) is 4.00. The van der Waals surface area contributed by atoms with Gasteiger partial charge in [0.25, 0.3) is 0 Å². The Kier molecular flexibility index (Phi) is 5.48. The topological polar surface area (TPSA) is 12.0 Å². The smallest absolute Gasteiger partial charge is 0.0346 e. The van der Waals surface area contributed by atoms with Crippen LogP contribution in [0.3, 0.4) is 0 Å². The summed E-state index contributed by atoms with van der Waals surface area (Å²) < 4.78 is 0. The molecule has 0 aromatic heterocycles. The second-order valence-electron chi connectivity index (χ2n) is 7.84. The monoisotopic (exact) mass is 287 g/mol. The van der Waals surface area contributed by atoms with Gasteiger partial charge < -0.3 is 5.32 Å². The highest BCUT2D eigenvalue weighted by Crippen LogP contribution is 2.43. The van der Waals surface area contributed by atoms with E-state index in [1.165, 1.54) is 36.8 Å². The average Bonchev–Trinajstić information content (AvgIpc) is 2.48. The number of benzene rings is 1. The van der Waals surface area contributed by atoms with Crippen LogP contribution in [0.2, 0.25) is 0 Å². The third kappa shape index (κ3) is 4.10. The van der Waals surface area contributed by atoms with E-state index in [1.54, 1.807) is 0 Å². The Hall–Kier alpha value is -0.820. The summed E-state index contributed by atoms with van der Waals surface area (Å²) in [6.45, 7) is 9.44. The summed E-state index contributed by atoms with van der Waals surface area (Å²) in [6, 6.07) is 9.69. The molecule has 1 N–H and O–H groups in total. The molecule has 0 spiro atoms. The predicted octanol–water partition coefficient (Wildman–Crippen LogP) is 5.36. The first kappa shape index (κ1) is 16.5. The lowest BCUT2D eigenvalue weighted by Gasteiger charge is -2.39. The highest BCUT2D eigenvalue weighted by Gasteiger charge is 2.32. The van der Waals surface area contributed by atoms with Crippen molar-refractivity contribution in [3.63, 3.8) is 0 Å². The molecule has 0 heterocycles. The third-order valence-electron chi connectivity index (χ3n) is 5.50. The van der Waals surface area contributed by atoms with Crippen LogP contribution in [-0.4, -0.2) is 7.05 Å². The van der Waals surface area contributed by atoms with E-state index in [9.17, 15) is 0 Å². The maximum absolute atomic E-state index is 3.59. The Balaban J connectivity index is 2.06. The fraction of sp³-hybridized carbons (Fsp3) is 0.700. The molecule has 1 aliphatic carbocycles. The summed E-state index contributed by atoms with van der Waals surface area (Å²) in [5.74, 6) is 1.69. The molecule has 1 fully saturated rings. The molecule has 1 heteroatoms. The SMILES string of the molecule is CCc1cccc(C(NC)C2CCC(C(C)(C)C)CC2)c1. The minimum Gasteiger partial charge on any atom is -0.313 e. The van der Waals surface area contributed by atoms with E-state index in [1.807, 2.05) is 0 Å². The van der Waals surface area contributed by atoms with Crippen LogP contribution in [0, 0.1) is 17.3 Å². The van der Waals surface area contributed by atoms with E-state index >= 15 is 0 Å². The van der Waals surface area contributed by atoms with Crippen LogP contribution in [0.25, 0.3) is 0 Å². The summed E-state index contributed by atoms with van der Waals surface area (Å²) in [4.78, 5) is 0. The van der Waals surface area contributed by atoms with Crippen molar-refractivity contribution >= 4 is 0 Å². The minimum absolute atomic E-state index is 0.474. The molecule has 0 saturated heterocycles. The summed E-state index contributed by atoms with van der Waals surface area (Å²) >= 11 is 0. The lowest BCUT2D eigenvalue weighted by atomic mass is 9.68. The molecule has 118 valence electrons. The zero-order valence-electron chi connectivity index (χ0n) is 14.6. The van der Waals surface area contributed by atoms with Crippen LogP contribution >= 0.6 is 0 Å². The molecule has 0 aliphatic heterocycles. The van der Waals surface area contributed by atoms with Gasteiger partial charge in [0.2, 0.25) is 0 Å². The molecule has 21 heavy (non-hydrogen) atoms. The van der Waals surface area contributed by atoms with Gasteiger partial charge in [-0.3, -0.25) is 0 Å². The van der Waals surface area contributed by atoms with Crippen molar-refractivity contribution in [1.82, 2.24) is 5.32 Å². The number of nitrogens with one attached hydrogen (secondary N) is 1. The van der Waals surface area contributed by atoms with Crippen LogP contribution < -0.4 is 5.32 Å². The van der Waals surface area contributed by atoms with Crippen molar-refractivity contribution in [3.05, 3.63) is 35.4 Å². The summed E-state index contributed by atoms with van der Waals surface area (Å²) in [5, 5.41) is 3.59.